The molecule has 0 saturated heterocycles. The van der Waals surface area contributed by atoms with Crippen molar-refractivity contribution >= 4 is 21.5 Å². The van der Waals surface area contributed by atoms with E-state index >= 15 is 0 Å². The van der Waals surface area contributed by atoms with Crippen LogP contribution in [0.25, 0.3) is 32.7 Å². The Morgan fingerprint density at radius 2 is 1.42 bits per heavy atom. The summed E-state index contributed by atoms with van der Waals surface area (Å²) in [6.07, 6.45) is 5.08. The van der Waals surface area contributed by atoms with E-state index in [1.54, 1.807) is 11.1 Å². The minimum absolute atomic E-state index is 1.21. The number of rotatable bonds is 1. The van der Waals surface area contributed by atoms with Gasteiger partial charge in [0.2, 0.25) is 0 Å². The van der Waals surface area contributed by atoms with Gasteiger partial charge >= 0.3 is 0 Å². The Bertz CT molecular complexity index is 1040. The van der Waals surface area contributed by atoms with E-state index in [1.165, 1.54) is 58.4 Å². The zero-order chi connectivity index (χ0) is 15.9. The summed E-state index contributed by atoms with van der Waals surface area (Å²) >= 11 is 0. The highest BCUT2D eigenvalue weighted by molar-refractivity contribution is 6.15. The van der Waals surface area contributed by atoms with Gasteiger partial charge in [-0.1, -0.05) is 66.7 Å². The Hall–Kier alpha value is -2.60. The van der Waals surface area contributed by atoms with Crippen LogP contribution in [0.2, 0.25) is 0 Å². The fourth-order valence-electron chi connectivity index (χ4n) is 4.30. The molecule has 116 valence electrons. The summed E-state index contributed by atoms with van der Waals surface area (Å²) in [7, 11) is 0. The van der Waals surface area contributed by atoms with E-state index < -0.39 is 0 Å². The van der Waals surface area contributed by atoms with Crippen LogP contribution in [0, 0.1) is 0 Å². The van der Waals surface area contributed by atoms with Crippen molar-refractivity contribution in [3.63, 3.8) is 0 Å². The standard InChI is InChI=1S/C24H20/c1-2-8-17(9-3-1)23-16-19-11-5-6-12-20(19)22-15-14-18-10-4-7-13-21(18)24(22)23/h1-3,5-6,8-9,11-12,14-16H,4,7,10,13H2. The number of hydrogen-bond donors (Lipinski definition) is 0. The molecule has 0 spiro atoms. The van der Waals surface area contributed by atoms with Gasteiger partial charge in [0.05, 0.1) is 0 Å². The van der Waals surface area contributed by atoms with Crippen molar-refractivity contribution in [2.45, 2.75) is 25.7 Å². The Balaban J connectivity index is 1.98. The maximum absolute atomic E-state index is 2.39. The lowest BCUT2D eigenvalue weighted by atomic mass is 9.83. The van der Waals surface area contributed by atoms with Gasteiger partial charge in [0.15, 0.2) is 0 Å². The van der Waals surface area contributed by atoms with Crippen molar-refractivity contribution in [3.8, 4) is 11.1 Å². The summed E-state index contributed by atoms with van der Waals surface area (Å²) < 4.78 is 0. The molecule has 0 bridgehead atoms. The molecule has 0 aromatic heterocycles. The number of aryl methyl sites for hydroxylation is 2. The van der Waals surface area contributed by atoms with Gasteiger partial charge in [-0.05, 0) is 75.5 Å². The highest BCUT2D eigenvalue weighted by atomic mass is 14.2. The molecule has 0 nitrogen and oxygen atoms in total. The molecule has 0 atom stereocenters. The lowest BCUT2D eigenvalue weighted by molar-refractivity contribution is 0.690. The summed E-state index contributed by atoms with van der Waals surface area (Å²) in [4.78, 5) is 0. The van der Waals surface area contributed by atoms with Gasteiger partial charge in [-0.25, -0.2) is 0 Å². The summed E-state index contributed by atoms with van der Waals surface area (Å²) in [5.74, 6) is 0. The monoisotopic (exact) mass is 308 g/mol. The van der Waals surface area contributed by atoms with E-state index in [4.69, 9.17) is 0 Å². The van der Waals surface area contributed by atoms with Crippen LogP contribution in [0.5, 0.6) is 0 Å². The quantitative estimate of drug-likeness (QED) is 0.350. The molecular formula is C24H20. The molecule has 0 radical (unpaired) electrons. The first kappa shape index (κ1) is 13.8. The van der Waals surface area contributed by atoms with Crippen LogP contribution in [0.1, 0.15) is 24.0 Å². The Morgan fingerprint density at radius 1 is 0.625 bits per heavy atom. The van der Waals surface area contributed by atoms with Crippen LogP contribution in [0.3, 0.4) is 0 Å². The van der Waals surface area contributed by atoms with Gasteiger partial charge in [0.25, 0.3) is 0 Å². The predicted octanol–water partition coefficient (Wildman–Crippen LogP) is 6.54. The molecule has 0 unspecified atom stereocenters. The van der Waals surface area contributed by atoms with E-state index in [1.807, 2.05) is 0 Å². The molecule has 0 fully saturated rings. The van der Waals surface area contributed by atoms with Gasteiger partial charge in [-0.3, -0.25) is 0 Å². The molecular weight excluding hydrogens is 288 g/mol. The minimum atomic E-state index is 1.21. The third-order valence-electron chi connectivity index (χ3n) is 5.44. The topological polar surface area (TPSA) is 0 Å². The third kappa shape index (κ3) is 2.06. The van der Waals surface area contributed by atoms with Crippen LogP contribution < -0.4 is 0 Å². The molecule has 1 aliphatic carbocycles. The first-order valence-electron chi connectivity index (χ1n) is 8.93. The number of fused-ring (bicyclic) bond motifs is 5. The summed E-state index contributed by atoms with van der Waals surface area (Å²) in [5.41, 5.74) is 5.86. The molecule has 0 aliphatic heterocycles. The Labute approximate surface area is 142 Å². The maximum Gasteiger partial charge on any atom is -0.00641 e. The van der Waals surface area contributed by atoms with Crippen molar-refractivity contribution in [2.75, 3.05) is 0 Å². The van der Waals surface area contributed by atoms with Gasteiger partial charge in [-0.15, -0.1) is 0 Å². The molecule has 0 amide bonds. The molecule has 1 aliphatic rings. The summed E-state index contributed by atoms with van der Waals surface area (Å²) in [6, 6.07) is 26.8. The fraction of sp³-hybridized carbons (Fsp3) is 0.167. The molecule has 0 heterocycles. The van der Waals surface area contributed by atoms with E-state index in [0.717, 1.165) is 0 Å². The average Bonchev–Trinajstić information content (AvgIpc) is 2.67. The lowest BCUT2D eigenvalue weighted by Crippen LogP contribution is -2.04. The molecule has 0 saturated carbocycles. The van der Waals surface area contributed by atoms with Gasteiger partial charge in [0, 0.05) is 0 Å². The molecule has 4 aromatic carbocycles. The average molecular weight is 308 g/mol. The van der Waals surface area contributed by atoms with Crippen LogP contribution in [-0.4, -0.2) is 0 Å². The third-order valence-corrected chi connectivity index (χ3v) is 5.44. The second-order valence-corrected chi connectivity index (χ2v) is 6.84. The number of hydrogen-bond acceptors (Lipinski definition) is 0. The summed E-state index contributed by atoms with van der Waals surface area (Å²) in [5, 5.41) is 5.60. The normalized spacial score (nSPS) is 14.0. The van der Waals surface area contributed by atoms with Crippen LogP contribution in [0.4, 0.5) is 0 Å². The van der Waals surface area contributed by atoms with E-state index in [9.17, 15) is 0 Å². The van der Waals surface area contributed by atoms with Crippen LogP contribution >= 0.6 is 0 Å². The first-order valence-corrected chi connectivity index (χ1v) is 8.93. The Morgan fingerprint density at radius 3 is 2.33 bits per heavy atom. The molecule has 5 rings (SSSR count). The Kier molecular flexibility index (Phi) is 3.16. The highest BCUT2D eigenvalue weighted by Crippen LogP contribution is 2.40. The van der Waals surface area contributed by atoms with Crippen molar-refractivity contribution in [3.05, 3.63) is 83.9 Å². The molecule has 24 heavy (non-hydrogen) atoms. The SMILES string of the molecule is c1ccc(-c2cc3ccccc3c3ccc4c(c23)CCCC4)cc1. The van der Waals surface area contributed by atoms with E-state index in [0.29, 0.717) is 0 Å². The maximum atomic E-state index is 2.39. The largest absolute Gasteiger partial charge is 0.0622 e. The van der Waals surface area contributed by atoms with Gasteiger partial charge < -0.3 is 0 Å². The zero-order valence-electron chi connectivity index (χ0n) is 13.8. The van der Waals surface area contributed by atoms with Gasteiger partial charge in [-0.2, -0.15) is 0 Å². The predicted molar refractivity (Wildman–Crippen MR) is 104 cm³/mol. The van der Waals surface area contributed by atoms with Crippen LogP contribution in [0.15, 0.2) is 72.8 Å². The van der Waals surface area contributed by atoms with E-state index in [2.05, 4.69) is 72.8 Å². The van der Waals surface area contributed by atoms with Gasteiger partial charge in [0.1, 0.15) is 0 Å². The van der Waals surface area contributed by atoms with E-state index in [-0.39, 0.29) is 0 Å². The number of benzene rings is 4. The molecule has 0 N–H and O–H groups in total. The molecule has 4 aromatic rings. The highest BCUT2D eigenvalue weighted by Gasteiger charge is 2.17. The smallest absolute Gasteiger partial charge is 0.00641 e. The van der Waals surface area contributed by atoms with Crippen molar-refractivity contribution in [2.24, 2.45) is 0 Å². The van der Waals surface area contributed by atoms with Crippen molar-refractivity contribution in [1.82, 2.24) is 0 Å². The fourth-order valence-corrected chi connectivity index (χ4v) is 4.30. The first-order chi connectivity index (χ1) is 11.9. The minimum Gasteiger partial charge on any atom is -0.0622 e. The lowest BCUT2D eigenvalue weighted by Gasteiger charge is -2.21. The van der Waals surface area contributed by atoms with Crippen LogP contribution in [-0.2, 0) is 12.8 Å². The van der Waals surface area contributed by atoms with Crippen molar-refractivity contribution in [1.29, 1.82) is 0 Å². The zero-order valence-corrected chi connectivity index (χ0v) is 13.8. The second-order valence-electron chi connectivity index (χ2n) is 6.84. The second kappa shape index (κ2) is 5.49. The van der Waals surface area contributed by atoms with Crippen molar-refractivity contribution < 1.29 is 0 Å². The summed E-state index contributed by atoms with van der Waals surface area (Å²) in [6.45, 7) is 0. The molecule has 0 heteroatoms.